The van der Waals surface area contributed by atoms with Gasteiger partial charge >= 0.3 is 0 Å². The first kappa shape index (κ1) is 17.6. The summed E-state index contributed by atoms with van der Waals surface area (Å²) >= 11 is 1.60. The summed E-state index contributed by atoms with van der Waals surface area (Å²) in [5.74, 6) is 0.572. The molecule has 4 aromatic heterocycles. The molecule has 0 radical (unpaired) electrons. The van der Waals surface area contributed by atoms with Crippen molar-refractivity contribution in [1.82, 2.24) is 20.1 Å². The standard InChI is InChI=1S/C23H18N4O2S/c1-13-16-7-8-23(28,20(16)29-27-13)15-5-2-4-14(10-15)19-12-30-22(26-19)18-11-25-21-17(18)6-3-9-24-21/h2-6,9-12,28H,7-8H2,1H3,(H,24,25)/t23-/m1/s1. The van der Waals surface area contributed by atoms with Crippen molar-refractivity contribution >= 4 is 22.4 Å². The van der Waals surface area contributed by atoms with Crippen LogP contribution in [-0.2, 0) is 12.0 Å². The Morgan fingerprint density at radius 1 is 1.23 bits per heavy atom. The van der Waals surface area contributed by atoms with Gasteiger partial charge in [0.15, 0.2) is 11.4 Å². The Hall–Kier alpha value is -3.29. The van der Waals surface area contributed by atoms with E-state index in [9.17, 15) is 5.11 Å². The van der Waals surface area contributed by atoms with E-state index in [4.69, 9.17) is 9.51 Å². The third-order valence-electron chi connectivity index (χ3n) is 5.92. The highest BCUT2D eigenvalue weighted by Crippen LogP contribution is 2.44. The highest BCUT2D eigenvalue weighted by Gasteiger charge is 2.43. The number of fused-ring (bicyclic) bond motifs is 2. The van der Waals surface area contributed by atoms with Gasteiger partial charge in [0.05, 0.1) is 11.4 Å². The van der Waals surface area contributed by atoms with Crippen LogP contribution in [0.25, 0.3) is 32.9 Å². The molecule has 6 rings (SSSR count). The molecule has 148 valence electrons. The van der Waals surface area contributed by atoms with Crippen LogP contribution in [0.1, 0.15) is 29.0 Å². The highest BCUT2D eigenvalue weighted by atomic mass is 32.1. The van der Waals surface area contributed by atoms with Gasteiger partial charge < -0.3 is 14.6 Å². The van der Waals surface area contributed by atoms with Crippen LogP contribution in [0.4, 0.5) is 0 Å². The molecule has 0 unspecified atom stereocenters. The number of aryl methyl sites for hydroxylation is 1. The van der Waals surface area contributed by atoms with Crippen molar-refractivity contribution < 1.29 is 9.63 Å². The van der Waals surface area contributed by atoms with Gasteiger partial charge in [0.1, 0.15) is 10.7 Å². The second kappa shape index (κ2) is 6.35. The predicted octanol–water partition coefficient (Wildman–Crippen LogP) is 4.83. The van der Waals surface area contributed by atoms with Gasteiger partial charge in [0, 0.05) is 39.9 Å². The Kier molecular flexibility index (Phi) is 3.72. The molecule has 0 spiro atoms. The van der Waals surface area contributed by atoms with E-state index in [1.54, 1.807) is 17.5 Å². The number of nitrogens with one attached hydrogen (secondary N) is 1. The number of aliphatic hydroxyl groups is 1. The van der Waals surface area contributed by atoms with Crippen LogP contribution in [0, 0.1) is 6.92 Å². The molecule has 0 saturated heterocycles. The van der Waals surface area contributed by atoms with Gasteiger partial charge in [0.2, 0.25) is 0 Å². The van der Waals surface area contributed by atoms with E-state index in [0.29, 0.717) is 12.2 Å². The topological polar surface area (TPSA) is 87.8 Å². The summed E-state index contributed by atoms with van der Waals surface area (Å²) in [5.41, 5.74) is 5.28. The van der Waals surface area contributed by atoms with Crippen LogP contribution in [0.15, 0.2) is 58.7 Å². The van der Waals surface area contributed by atoms with Crippen molar-refractivity contribution in [2.45, 2.75) is 25.4 Å². The van der Waals surface area contributed by atoms with Gasteiger partial charge in [-0.2, -0.15) is 0 Å². The maximum absolute atomic E-state index is 11.4. The molecule has 5 aromatic rings. The average Bonchev–Trinajstić information content (AvgIpc) is 3.54. The summed E-state index contributed by atoms with van der Waals surface area (Å²) in [5, 5.41) is 19.5. The molecule has 1 aromatic carbocycles. The fourth-order valence-electron chi connectivity index (χ4n) is 4.30. The summed E-state index contributed by atoms with van der Waals surface area (Å²) < 4.78 is 5.49. The number of aromatic nitrogens is 4. The van der Waals surface area contributed by atoms with Gasteiger partial charge in [-0.3, -0.25) is 0 Å². The second-order valence-corrected chi connectivity index (χ2v) is 8.51. The number of benzene rings is 1. The molecule has 0 saturated carbocycles. The number of H-pyrrole nitrogens is 1. The molecule has 30 heavy (non-hydrogen) atoms. The molecule has 1 aliphatic carbocycles. The van der Waals surface area contributed by atoms with Gasteiger partial charge in [0.25, 0.3) is 0 Å². The summed E-state index contributed by atoms with van der Waals surface area (Å²) in [6.45, 7) is 1.92. The Morgan fingerprint density at radius 3 is 3.10 bits per heavy atom. The van der Waals surface area contributed by atoms with Crippen LogP contribution in [0.5, 0.6) is 0 Å². The third kappa shape index (κ3) is 2.49. The van der Waals surface area contributed by atoms with Crippen LogP contribution >= 0.6 is 11.3 Å². The fourth-order valence-corrected chi connectivity index (χ4v) is 5.16. The van der Waals surface area contributed by atoms with Crippen LogP contribution in [-0.4, -0.2) is 25.2 Å². The van der Waals surface area contributed by atoms with Crippen molar-refractivity contribution in [2.75, 3.05) is 0 Å². The van der Waals surface area contributed by atoms with E-state index < -0.39 is 5.60 Å². The normalized spacial score (nSPS) is 18.2. The molecule has 0 fully saturated rings. The number of hydrogen-bond donors (Lipinski definition) is 2. The lowest BCUT2D eigenvalue weighted by Crippen LogP contribution is -2.23. The van der Waals surface area contributed by atoms with Gasteiger partial charge in [-0.05, 0) is 43.5 Å². The van der Waals surface area contributed by atoms with E-state index in [1.165, 1.54) is 0 Å². The minimum atomic E-state index is -1.14. The first-order chi connectivity index (χ1) is 14.6. The minimum Gasteiger partial charge on any atom is -0.377 e. The van der Waals surface area contributed by atoms with Gasteiger partial charge in [-0.25, -0.2) is 9.97 Å². The summed E-state index contributed by atoms with van der Waals surface area (Å²) in [7, 11) is 0. The predicted molar refractivity (Wildman–Crippen MR) is 115 cm³/mol. The number of hydrogen-bond acceptors (Lipinski definition) is 6. The van der Waals surface area contributed by atoms with Crippen LogP contribution in [0.2, 0.25) is 0 Å². The highest BCUT2D eigenvalue weighted by molar-refractivity contribution is 7.13. The summed E-state index contributed by atoms with van der Waals surface area (Å²) in [6, 6.07) is 11.9. The molecule has 1 atom stereocenters. The van der Waals surface area contributed by atoms with E-state index in [2.05, 4.69) is 15.1 Å². The van der Waals surface area contributed by atoms with E-state index in [0.717, 1.165) is 56.1 Å². The van der Waals surface area contributed by atoms with Crippen molar-refractivity contribution in [3.05, 3.63) is 76.8 Å². The average molecular weight is 414 g/mol. The van der Waals surface area contributed by atoms with Crippen molar-refractivity contribution in [2.24, 2.45) is 0 Å². The molecule has 6 nitrogen and oxygen atoms in total. The lowest BCUT2D eigenvalue weighted by molar-refractivity contribution is 0.0534. The molecule has 4 heterocycles. The molecular formula is C23H18N4O2S. The Labute approximate surface area is 176 Å². The first-order valence-electron chi connectivity index (χ1n) is 9.80. The third-order valence-corrected chi connectivity index (χ3v) is 6.79. The van der Waals surface area contributed by atoms with Crippen LogP contribution < -0.4 is 0 Å². The van der Waals surface area contributed by atoms with Crippen LogP contribution in [0.3, 0.4) is 0 Å². The summed E-state index contributed by atoms with van der Waals surface area (Å²) in [6.07, 6.45) is 5.09. The van der Waals surface area contributed by atoms with Crippen molar-refractivity contribution in [3.63, 3.8) is 0 Å². The Morgan fingerprint density at radius 2 is 2.17 bits per heavy atom. The van der Waals surface area contributed by atoms with Gasteiger partial charge in [-0.15, -0.1) is 11.3 Å². The zero-order chi connectivity index (χ0) is 20.3. The maximum Gasteiger partial charge on any atom is 0.176 e. The zero-order valence-electron chi connectivity index (χ0n) is 16.2. The zero-order valence-corrected chi connectivity index (χ0v) is 17.0. The van der Waals surface area contributed by atoms with E-state index in [-0.39, 0.29) is 0 Å². The second-order valence-electron chi connectivity index (χ2n) is 7.66. The molecule has 1 aliphatic rings. The van der Waals surface area contributed by atoms with Gasteiger partial charge in [-0.1, -0.05) is 23.4 Å². The minimum absolute atomic E-state index is 0.572. The Balaban J connectivity index is 1.39. The SMILES string of the molecule is Cc1noc2c1CC[C@@]2(O)c1cccc(-c2csc(-c3c[nH]c4ncccc34)n2)c1. The quantitative estimate of drug-likeness (QED) is 0.441. The van der Waals surface area contributed by atoms with Crippen molar-refractivity contribution in [3.8, 4) is 21.8 Å². The number of nitrogens with zero attached hydrogens (tertiary/aromatic N) is 3. The summed E-state index contributed by atoms with van der Waals surface area (Å²) in [4.78, 5) is 12.4. The molecule has 0 aliphatic heterocycles. The number of thiazole rings is 1. The molecule has 2 N–H and O–H groups in total. The molecule has 0 amide bonds. The van der Waals surface area contributed by atoms with Crippen molar-refractivity contribution in [1.29, 1.82) is 0 Å². The number of rotatable bonds is 3. The lowest BCUT2D eigenvalue weighted by atomic mass is 9.90. The molecule has 7 heteroatoms. The number of aromatic amines is 1. The largest absolute Gasteiger partial charge is 0.377 e. The maximum atomic E-state index is 11.4. The number of pyridine rings is 1. The fraction of sp³-hybridized carbons (Fsp3) is 0.174. The lowest BCUT2D eigenvalue weighted by Gasteiger charge is -2.22. The molecular weight excluding hydrogens is 396 g/mol. The Bertz CT molecular complexity index is 1400. The van der Waals surface area contributed by atoms with E-state index in [1.807, 2.05) is 54.9 Å². The smallest absolute Gasteiger partial charge is 0.176 e. The van der Waals surface area contributed by atoms with E-state index >= 15 is 0 Å². The molecule has 0 bridgehead atoms. The first-order valence-corrected chi connectivity index (χ1v) is 10.7. The monoisotopic (exact) mass is 414 g/mol.